The van der Waals surface area contributed by atoms with E-state index in [9.17, 15) is 0 Å². The van der Waals surface area contributed by atoms with Crippen LogP contribution in [0.4, 0.5) is 0 Å². The number of alkyl halides is 1. The molecule has 0 spiro atoms. The highest BCUT2D eigenvalue weighted by Crippen LogP contribution is 2.55. The van der Waals surface area contributed by atoms with E-state index < -0.39 is 0 Å². The van der Waals surface area contributed by atoms with Gasteiger partial charge in [-0.1, -0.05) is 56.3 Å². The van der Waals surface area contributed by atoms with Gasteiger partial charge in [0.2, 0.25) is 0 Å². The lowest BCUT2D eigenvalue weighted by molar-refractivity contribution is 0.538. The normalized spacial score (nSPS) is 22.9. The van der Waals surface area contributed by atoms with Crippen LogP contribution < -0.4 is 0 Å². The van der Waals surface area contributed by atoms with Gasteiger partial charge >= 0.3 is 0 Å². The summed E-state index contributed by atoms with van der Waals surface area (Å²) in [7, 11) is 0. The summed E-state index contributed by atoms with van der Waals surface area (Å²) < 4.78 is 0. The van der Waals surface area contributed by atoms with E-state index in [0.29, 0.717) is 11.3 Å². The van der Waals surface area contributed by atoms with E-state index in [4.69, 9.17) is 11.6 Å². The van der Waals surface area contributed by atoms with E-state index in [-0.39, 0.29) is 5.38 Å². The average molecular weight is 259 g/mol. The molecule has 0 nitrogen and oxygen atoms in total. The largest absolute Gasteiger partial charge is 0.122 e. The van der Waals surface area contributed by atoms with Gasteiger partial charge in [-0.2, -0.15) is 0 Å². The lowest BCUT2D eigenvalue weighted by Gasteiger charge is -2.13. The summed E-state index contributed by atoms with van der Waals surface area (Å²) in [5.41, 5.74) is 1.84. The van der Waals surface area contributed by atoms with Gasteiger partial charge in [-0.05, 0) is 40.5 Å². The SMILES string of the molecule is CC1(C)CC1C(Cl)Cc1cccc2ccccc12. The van der Waals surface area contributed by atoms with Crippen LogP contribution in [0.1, 0.15) is 25.8 Å². The third kappa shape index (κ3) is 2.14. The van der Waals surface area contributed by atoms with Gasteiger partial charge in [-0.3, -0.25) is 0 Å². The van der Waals surface area contributed by atoms with Gasteiger partial charge in [0.25, 0.3) is 0 Å². The van der Waals surface area contributed by atoms with Crippen LogP contribution in [0, 0.1) is 11.3 Å². The molecule has 94 valence electrons. The van der Waals surface area contributed by atoms with Crippen molar-refractivity contribution in [3.63, 3.8) is 0 Å². The van der Waals surface area contributed by atoms with Crippen molar-refractivity contribution in [2.75, 3.05) is 0 Å². The van der Waals surface area contributed by atoms with Gasteiger partial charge in [-0.25, -0.2) is 0 Å². The molecule has 1 heteroatoms. The molecule has 2 aromatic rings. The number of rotatable bonds is 3. The van der Waals surface area contributed by atoms with Gasteiger partial charge in [-0.15, -0.1) is 11.6 Å². The van der Waals surface area contributed by atoms with Crippen LogP contribution in [0.2, 0.25) is 0 Å². The summed E-state index contributed by atoms with van der Waals surface area (Å²) in [5.74, 6) is 0.679. The van der Waals surface area contributed by atoms with Gasteiger partial charge in [0.1, 0.15) is 0 Å². The molecule has 0 saturated heterocycles. The smallest absolute Gasteiger partial charge is 0.0410 e. The first-order valence-electron chi connectivity index (χ1n) is 6.69. The second-order valence-corrected chi connectivity index (χ2v) is 6.72. The predicted octanol–water partition coefficient (Wildman–Crippen LogP) is 5.04. The number of hydrogen-bond donors (Lipinski definition) is 0. The second-order valence-electron chi connectivity index (χ2n) is 6.16. The van der Waals surface area contributed by atoms with Crippen molar-refractivity contribution in [1.82, 2.24) is 0 Å². The Bertz CT molecular complexity index is 565. The molecule has 0 amide bonds. The average Bonchev–Trinajstić information content (AvgIpc) is 2.99. The first-order valence-corrected chi connectivity index (χ1v) is 7.12. The number of benzene rings is 2. The van der Waals surface area contributed by atoms with Crippen molar-refractivity contribution in [3.05, 3.63) is 48.0 Å². The molecular formula is C17H19Cl. The molecular weight excluding hydrogens is 240 g/mol. The van der Waals surface area contributed by atoms with Crippen LogP contribution in [0.5, 0.6) is 0 Å². The molecule has 2 aromatic carbocycles. The highest BCUT2D eigenvalue weighted by molar-refractivity contribution is 6.21. The zero-order valence-electron chi connectivity index (χ0n) is 11.0. The zero-order chi connectivity index (χ0) is 12.8. The fraction of sp³-hybridized carbons (Fsp3) is 0.412. The summed E-state index contributed by atoms with van der Waals surface area (Å²) >= 11 is 6.60. The van der Waals surface area contributed by atoms with Crippen LogP contribution >= 0.6 is 11.6 Å². The minimum Gasteiger partial charge on any atom is -0.122 e. The zero-order valence-corrected chi connectivity index (χ0v) is 11.7. The molecule has 0 radical (unpaired) electrons. The van der Waals surface area contributed by atoms with E-state index in [1.165, 1.54) is 22.8 Å². The maximum Gasteiger partial charge on any atom is 0.0410 e. The topological polar surface area (TPSA) is 0 Å². The van der Waals surface area contributed by atoms with E-state index in [0.717, 1.165) is 6.42 Å². The first-order chi connectivity index (χ1) is 8.58. The minimum absolute atomic E-state index is 0.269. The number of halogens is 1. The van der Waals surface area contributed by atoms with Crippen molar-refractivity contribution >= 4 is 22.4 Å². The van der Waals surface area contributed by atoms with Crippen molar-refractivity contribution < 1.29 is 0 Å². The molecule has 0 N–H and O–H groups in total. The molecule has 0 heterocycles. The van der Waals surface area contributed by atoms with E-state index in [2.05, 4.69) is 56.3 Å². The van der Waals surface area contributed by atoms with Gasteiger partial charge in [0.15, 0.2) is 0 Å². The molecule has 3 rings (SSSR count). The molecule has 0 bridgehead atoms. The molecule has 1 fully saturated rings. The Morgan fingerprint density at radius 1 is 1.17 bits per heavy atom. The second kappa shape index (κ2) is 4.28. The molecule has 1 aliphatic rings. The van der Waals surface area contributed by atoms with Crippen LogP contribution in [0.25, 0.3) is 10.8 Å². The van der Waals surface area contributed by atoms with E-state index in [1.54, 1.807) is 0 Å². The molecule has 1 aliphatic carbocycles. The number of fused-ring (bicyclic) bond motifs is 1. The van der Waals surface area contributed by atoms with Crippen LogP contribution in [0.3, 0.4) is 0 Å². The van der Waals surface area contributed by atoms with E-state index in [1.807, 2.05) is 0 Å². The summed E-state index contributed by atoms with van der Waals surface area (Å²) in [6.45, 7) is 4.63. The first kappa shape index (κ1) is 12.0. The molecule has 18 heavy (non-hydrogen) atoms. The third-order valence-electron chi connectivity index (χ3n) is 4.32. The molecule has 0 aliphatic heterocycles. The van der Waals surface area contributed by atoms with Gasteiger partial charge in [0, 0.05) is 5.38 Å². The Kier molecular flexibility index (Phi) is 2.86. The van der Waals surface area contributed by atoms with E-state index >= 15 is 0 Å². The maximum absolute atomic E-state index is 6.60. The fourth-order valence-corrected chi connectivity index (χ4v) is 3.54. The van der Waals surface area contributed by atoms with Crippen LogP contribution in [-0.4, -0.2) is 5.38 Å². The maximum atomic E-state index is 6.60. The molecule has 1 saturated carbocycles. The summed E-state index contributed by atoms with van der Waals surface area (Å²) in [6, 6.07) is 15.1. The summed E-state index contributed by atoms with van der Waals surface area (Å²) in [4.78, 5) is 0. The molecule has 2 atom stereocenters. The third-order valence-corrected chi connectivity index (χ3v) is 4.78. The van der Waals surface area contributed by atoms with Crippen molar-refractivity contribution in [1.29, 1.82) is 0 Å². The van der Waals surface area contributed by atoms with Crippen LogP contribution in [-0.2, 0) is 6.42 Å². The molecule has 2 unspecified atom stereocenters. The lowest BCUT2D eigenvalue weighted by Crippen LogP contribution is -2.10. The Morgan fingerprint density at radius 3 is 2.56 bits per heavy atom. The highest BCUT2D eigenvalue weighted by atomic mass is 35.5. The summed E-state index contributed by atoms with van der Waals surface area (Å²) in [5, 5.41) is 2.93. The Hall–Kier alpha value is -1.01. The van der Waals surface area contributed by atoms with Crippen molar-refractivity contribution in [2.45, 2.75) is 32.1 Å². The standard InChI is InChI=1S/C17H19Cl/c1-17(2)11-15(17)16(18)10-13-8-5-7-12-6-3-4-9-14(12)13/h3-9,15-16H,10-11H2,1-2H3. The summed E-state index contributed by atoms with van der Waals surface area (Å²) in [6.07, 6.45) is 2.25. The quantitative estimate of drug-likeness (QED) is 0.677. The minimum atomic E-state index is 0.269. The molecule has 0 aromatic heterocycles. The number of hydrogen-bond acceptors (Lipinski definition) is 0. The van der Waals surface area contributed by atoms with Crippen molar-refractivity contribution in [2.24, 2.45) is 11.3 Å². The van der Waals surface area contributed by atoms with Gasteiger partial charge < -0.3 is 0 Å². The Morgan fingerprint density at radius 2 is 1.83 bits per heavy atom. The van der Waals surface area contributed by atoms with Gasteiger partial charge in [0.05, 0.1) is 0 Å². The fourth-order valence-electron chi connectivity index (χ4n) is 2.95. The predicted molar refractivity (Wildman–Crippen MR) is 79.2 cm³/mol. The lowest BCUT2D eigenvalue weighted by atomic mass is 9.97. The van der Waals surface area contributed by atoms with Crippen molar-refractivity contribution in [3.8, 4) is 0 Å². The monoisotopic (exact) mass is 258 g/mol. The Balaban J connectivity index is 1.87. The van der Waals surface area contributed by atoms with Crippen LogP contribution in [0.15, 0.2) is 42.5 Å². The highest BCUT2D eigenvalue weighted by Gasteiger charge is 2.49. The Labute approximate surface area is 114 Å².